The summed E-state index contributed by atoms with van der Waals surface area (Å²) in [5.41, 5.74) is 4.69. The lowest BCUT2D eigenvalue weighted by molar-refractivity contribution is 0.102. The van der Waals surface area contributed by atoms with Gasteiger partial charge in [0.25, 0.3) is 17.0 Å². The molecule has 0 saturated carbocycles. The average molecular weight is 574 g/mol. The third kappa shape index (κ3) is 5.01. The molecular weight excluding hydrogens is 550 g/mol. The number of aromatic amines is 1. The van der Waals surface area contributed by atoms with E-state index in [1.807, 2.05) is 4.90 Å². The Bertz CT molecular complexity index is 1640. The van der Waals surface area contributed by atoms with E-state index in [0.717, 1.165) is 24.2 Å². The zero-order valence-electron chi connectivity index (χ0n) is 20.2. The van der Waals surface area contributed by atoms with E-state index in [9.17, 15) is 19.5 Å². The van der Waals surface area contributed by atoms with Crippen LogP contribution in [0.15, 0.2) is 55.5 Å². The van der Waals surface area contributed by atoms with E-state index in [0.29, 0.717) is 35.4 Å². The first-order valence-corrected chi connectivity index (χ1v) is 13.8. The molecule has 1 aliphatic rings. The van der Waals surface area contributed by atoms with Crippen LogP contribution >= 0.6 is 34.7 Å². The van der Waals surface area contributed by atoms with Gasteiger partial charge in [-0.25, -0.2) is 4.98 Å². The van der Waals surface area contributed by atoms with Gasteiger partial charge in [-0.1, -0.05) is 36.4 Å². The Morgan fingerprint density at radius 1 is 1.34 bits per heavy atom. The summed E-state index contributed by atoms with van der Waals surface area (Å²) in [4.78, 5) is 52.3. The summed E-state index contributed by atoms with van der Waals surface area (Å²) < 4.78 is 1.18. The normalized spacial score (nSPS) is 15.1. The Morgan fingerprint density at radius 2 is 2.11 bits per heavy atom. The van der Waals surface area contributed by atoms with Gasteiger partial charge in [0.05, 0.1) is 21.9 Å². The van der Waals surface area contributed by atoms with Gasteiger partial charge in [-0.2, -0.15) is 4.98 Å². The Labute approximate surface area is 229 Å². The van der Waals surface area contributed by atoms with Crippen molar-refractivity contribution in [2.75, 3.05) is 29.9 Å². The number of aromatic hydroxyl groups is 1. The van der Waals surface area contributed by atoms with E-state index in [2.05, 4.69) is 27.2 Å². The molecule has 0 radical (unpaired) electrons. The standard InChI is InChI=1S/C24H24ClN7O4S2/c1-24(12-26)5-7-31(8-6-24)18-21(35)29-15(11-27-18)38-14-4-2-3-13(17(14)25)28-19(33)16-20(34)30-23-32(22(16)36)9-10-37-23/h2-4,9-11,34H,5-8,12,26H2,1H3,(H,28,33)(H,29,35). The summed E-state index contributed by atoms with van der Waals surface area (Å²) in [6.45, 7) is 4.18. The molecule has 1 aliphatic heterocycles. The molecule has 38 heavy (non-hydrogen) atoms. The van der Waals surface area contributed by atoms with Gasteiger partial charge in [0.15, 0.2) is 16.3 Å². The van der Waals surface area contributed by atoms with Gasteiger partial charge in [0, 0.05) is 29.6 Å². The fourth-order valence-electron chi connectivity index (χ4n) is 4.18. The SMILES string of the molecule is CC1(CN)CCN(c2ncc(Sc3cccc(NC(=O)c4c(O)nc5sccn5c4=O)c3Cl)[nH]c2=O)CC1. The minimum absolute atomic E-state index is 0.0796. The molecule has 0 bridgehead atoms. The van der Waals surface area contributed by atoms with Crippen LogP contribution in [0.25, 0.3) is 4.96 Å². The number of nitrogens with zero attached hydrogens (tertiary/aromatic N) is 4. The Balaban J connectivity index is 1.33. The van der Waals surface area contributed by atoms with Gasteiger partial charge in [0.2, 0.25) is 5.88 Å². The number of piperidine rings is 1. The van der Waals surface area contributed by atoms with Crippen molar-refractivity contribution in [3.05, 3.63) is 67.3 Å². The van der Waals surface area contributed by atoms with Crippen LogP contribution in [0.1, 0.15) is 30.1 Å². The maximum absolute atomic E-state index is 12.9. The third-order valence-corrected chi connectivity index (χ3v) is 8.88. The van der Waals surface area contributed by atoms with Crippen molar-refractivity contribution in [1.82, 2.24) is 19.4 Å². The Hall–Kier alpha value is -3.39. The largest absolute Gasteiger partial charge is 0.492 e. The number of benzene rings is 1. The molecule has 1 saturated heterocycles. The molecule has 3 aromatic heterocycles. The van der Waals surface area contributed by atoms with Gasteiger partial charge in [-0.3, -0.25) is 18.8 Å². The number of amides is 1. The molecule has 1 fully saturated rings. The van der Waals surface area contributed by atoms with Crippen LogP contribution in [0.5, 0.6) is 5.88 Å². The first-order chi connectivity index (χ1) is 18.2. The summed E-state index contributed by atoms with van der Waals surface area (Å²) in [6.07, 6.45) is 4.81. The van der Waals surface area contributed by atoms with Crippen LogP contribution < -0.4 is 27.1 Å². The molecule has 5 rings (SSSR count). The maximum atomic E-state index is 12.9. The molecule has 4 aromatic rings. The summed E-state index contributed by atoms with van der Waals surface area (Å²) in [5.74, 6) is -1.15. The number of carbonyl (C=O) groups is 1. The number of nitrogens with two attached hydrogens (primary N) is 1. The van der Waals surface area contributed by atoms with Crippen LogP contribution in [0.3, 0.4) is 0 Å². The number of aromatic nitrogens is 4. The van der Waals surface area contributed by atoms with Crippen LogP contribution in [-0.2, 0) is 0 Å². The lowest BCUT2D eigenvalue weighted by Crippen LogP contribution is -2.44. The number of H-pyrrole nitrogens is 1. The average Bonchev–Trinajstić information content (AvgIpc) is 3.36. The minimum Gasteiger partial charge on any atom is -0.492 e. The summed E-state index contributed by atoms with van der Waals surface area (Å²) in [6, 6.07) is 4.95. The topological polar surface area (TPSA) is 159 Å². The Kier molecular flexibility index (Phi) is 7.18. The van der Waals surface area contributed by atoms with Crippen molar-refractivity contribution in [2.45, 2.75) is 29.7 Å². The highest BCUT2D eigenvalue weighted by atomic mass is 35.5. The van der Waals surface area contributed by atoms with Crippen molar-refractivity contribution < 1.29 is 9.90 Å². The number of halogens is 1. The second-order valence-corrected chi connectivity index (χ2v) is 11.6. The van der Waals surface area contributed by atoms with Gasteiger partial charge in [0.1, 0.15) is 0 Å². The van der Waals surface area contributed by atoms with E-state index < -0.39 is 22.9 Å². The molecule has 0 atom stereocenters. The molecule has 0 unspecified atom stereocenters. The fourth-order valence-corrected chi connectivity index (χ4v) is 6.00. The molecular formula is C24H24ClN7O4S2. The lowest BCUT2D eigenvalue weighted by atomic mass is 9.80. The Morgan fingerprint density at radius 3 is 2.82 bits per heavy atom. The van der Waals surface area contributed by atoms with Crippen LogP contribution in [0.4, 0.5) is 11.5 Å². The number of fused-ring (bicyclic) bond motifs is 1. The highest BCUT2D eigenvalue weighted by molar-refractivity contribution is 7.99. The second-order valence-electron chi connectivity index (χ2n) is 9.25. The quantitative estimate of drug-likeness (QED) is 0.272. The number of rotatable bonds is 6. The first kappa shape index (κ1) is 26.2. The minimum atomic E-state index is -0.851. The van der Waals surface area contributed by atoms with Crippen LogP contribution in [0.2, 0.25) is 5.02 Å². The van der Waals surface area contributed by atoms with Crippen molar-refractivity contribution in [3.8, 4) is 5.88 Å². The summed E-state index contributed by atoms with van der Waals surface area (Å²) in [5, 5.41) is 15.0. The van der Waals surface area contributed by atoms with Gasteiger partial charge < -0.3 is 26.0 Å². The number of hydrogen-bond acceptors (Lipinski definition) is 10. The van der Waals surface area contributed by atoms with Crippen molar-refractivity contribution in [2.24, 2.45) is 11.1 Å². The highest BCUT2D eigenvalue weighted by Gasteiger charge is 2.30. The van der Waals surface area contributed by atoms with Gasteiger partial charge in [-0.05, 0) is 36.9 Å². The van der Waals surface area contributed by atoms with E-state index in [-0.39, 0.29) is 26.6 Å². The monoisotopic (exact) mass is 573 g/mol. The first-order valence-electron chi connectivity index (χ1n) is 11.7. The van der Waals surface area contributed by atoms with E-state index >= 15 is 0 Å². The smallest absolute Gasteiger partial charge is 0.291 e. The zero-order chi connectivity index (χ0) is 27.0. The number of thiazole rings is 1. The fraction of sp³-hybridized carbons (Fsp3) is 0.292. The van der Waals surface area contributed by atoms with Crippen molar-refractivity contribution in [3.63, 3.8) is 0 Å². The summed E-state index contributed by atoms with van der Waals surface area (Å²) in [7, 11) is 0. The molecule has 1 aromatic carbocycles. The predicted octanol–water partition coefficient (Wildman–Crippen LogP) is 3.17. The third-order valence-electron chi connectivity index (χ3n) is 6.61. The van der Waals surface area contributed by atoms with Crippen molar-refractivity contribution >= 4 is 57.1 Å². The zero-order valence-corrected chi connectivity index (χ0v) is 22.6. The molecule has 198 valence electrons. The molecule has 14 heteroatoms. The second kappa shape index (κ2) is 10.4. The molecule has 4 heterocycles. The molecule has 1 amide bonds. The predicted molar refractivity (Wildman–Crippen MR) is 148 cm³/mol. The maximum Gasteiger partial charge on any atom is 0.291 e. The number of anilines is 2. The number of hydrogen-bond donors (Lipinski definition) is 4. The van der Waals surface area contributed by atoms with Crippen molar-refractivity contribution in [1.29, 1.82) is 0 Å². The van der Waals surface area contributed by atoms with Gasteiger partial charge in [-0.15, -0.1) is 11.3 Å². The van der Waals surface area contributed by atoms with Crippen LogP contribution in [-0.4, -0.2) is 50.0 Å². The molecule has 11 nitrogen and oxygen atoms in total. The number of carbonyl (C=O) groups excluding carboxylic acids is 1. The van der Waals surface area contributed by atoms with Crippen LogP contribution in [0, 0.1) is 5.41 Å². The highest BCUT2D eigenvalue weighted by Crippen LogP contribution is 2.37. The van der Waals surface area contributed by atoms with E-state index in [1.165, 1.54) is 22.4 Å². The van der Waals surface area contributed by atoms with Gasteiger partial charge >= 0.3 is 0 Å². The van der Waals surface area contributed by atoms with E-state index in [1.54, 1.807) is 29.8 Å². The number of nitrogens with one attached hydrogen (secondary N) is 2. The summed E-state index contributed by atoms with van der Waals surface area (Å²) >= 11 is 8.88. The molecule has 5 N–H and O–H groups in total. The van der Waals surface area contributed by atoms with E-state index in [4.69, 9.17) is 17.3 Å². The lowest BCUT2D eigenvalue weighted by Gasteiger charge is -2.38. The molecule has 0 aliphatic carbocycles. The molecule has 0 spiro atoms.